The first-order chi connectivity index (χ1) is 21.9. The van der Waals surface area contributed by atoms with E-state index in [9.17, 15) is 55.5 Å². The van der Waals surface area contributed by atoms with Gasteiger partial charge in [0.05, 0.1) is 40.0 Å². The van der Waals surface area contributed by atoms with E-state index >= 15 is 0 Å². The number of aliphatic hydroxyl groups is 9. The minimum Gasteiger partial charge on any atom is -0.469 e. The molecule has 3 heterocycles. The third-order valence-electron chi connectivity index (χ3n) is 7.66. The normalized spacial score (nSPS) is 41.6. The molecule has 0 spiro atoms. The Morgan fingerprint density at radius 1 is 0.696 bits per heavy atom. The number of carbonyl (C=O) groups excluding carboxylic acids is 2. The minimum atomic E-state index is -1.93. The van der Waals surface area contributed by atoms with E-state index in [0.29, 0.717) is 11.5 Å². The second kappa shape index (κ2) is 18.5. The van der Waals surface area contributed by atoms with Gasteiger partial charge in [-0.05, 0) is 0 Å². The van der Waals surface area contributed by atoms with E-state index in [-0.39, 0.29) is 19.0 Å². The Labute approximate surface area is 268 Å². The molecule has 3 fully saturated rings. The number of thioether (sulfide) groups is 1. The second-order valence-electron chi connectivity index (χ2n) is 10.9. The van der Waals surface area contributed by atoms with Crippen molar-refractivity contribution in [2.75, 3.05) is 45.0 Å². The van der Waals surface area contributed by atoms with Crippen molar-refractivity contribution in [1.82, 2.24) is 5.32 Å². The summed E-state index contributed by atoms with van der Waals surface area (Å²) in [7, 11) is 1.28. The molecule has 268 valence electrons. The number of nitrogens with one attached hydrogen (secondary N) is 1. The van der Waals surface area contributed by atoms with Crippen LogP contribution in [0.1, 0.15) is 13.3 Å². The van der Waals surface area contributed by atoms with Gasteiger partial charge >= 0.3 is 5.97 Å². The molecule has 3 rings (SSSR count). The van der Waals surface area contributed by atoms with Crippen LogP contribution >= 0.6 is 11.8 Å². The molecule has 0 unspecified atom stereocenters. The number of carbonyl (C=O) groups is 2. The van der Waals surface area contributed by atoms with Crippen LogP contribution in [0.15, 0.2) is 0 Å². The van der Waals surface area contributed by atoms with Crippen molar-refractivity contribution < 1.29 is 88.7 Å². The zero-order valence-corrected chi connectivity index (χ0v) is 26.0. The van der Waals surface area contributed by atoms with Crippen LogP contribution in [-0.4, -0.2) is 195 Å². The molecule has 10 N–H and O–H groups in total. The molecule has 3 saturated heterocycles. The van der Waals surface area contributed by atoms with E-state index in [0.717, 1.165) is 0 Å². The smallest absolute Gasteiger partial charge is 0.306 e. The number of aliphatic hydroxyl groups excluding tert-OH is 9. The molecule has 3 aliphatic heterocycles. The highest BCUT2D eigenvalue weighted by molar-refractivity contribution is 7.99. The van der Waals surface area contributed by atoms with Crippen LogP contribution in [0.25, 0.3) is 0 Å². The topological polar surface area (TPSA) is 293 Å². The average molecular weight is 692 g/mol. The van der Waals surface area contributed by atoms with Gasteiger partial charge in [-0.3, -0.25) is 9.59 Å². The summed E-state index contributed by atoms with van der Waals surface area (Å²) in [5, 5.41) is 95.3. The molecule has 3 aliphatic rings. The SMILES string of the molecule is COC(=O)CCSCCO[C@H]1O[C@H](CO)[C@@H](O[C@@H]2O[C@H](CO)[C@H](O[C@@H]3O[C@H](CO)[C@H](O)[C@H](O)[C@H]3O)[C@H](O)[C@H]2O)[C@H](O)[C@@H]1NC(C)=O. The van der Waals surface area contributed by atoms with Crippen molar-refractivity contribution in [2.24, 2.45) is 0 Å². The van der Waals surface area contributed by atoms with Crippen molar-refractivity contribution in [1.29, 1.82) is 0 Å². The highest BCUT2D eigenvalue weighted by Gasteiger charge is 2.53. The van der Waals surface area contributed by atoms with Gasteiger partial charge in [-0.15, -0.1) is 0 Å². The molecular weight excluding hydrogens is 646 g/mol. The number of esters is 1. The molecular formula is C26H45NO18S. The van der Waals surface area contributed by atoms with Crippen LogP contribution in [0, 0.1) is 0 Å². The summed E-state index contributed by atoms with van der Waals surface area (Å²) in [6.45, 7) is -1.05. The standard InChI is InChI=1S/C26H45NO18S/c1-10(31)27-15-17(34)22(12(8-29)42-24(15)40-4-6-46-5-3-14(32)39-2)44-26-21(38)19(36)23(13(9-30)43-26)45-25-20(37)18(35)16(33)11(7-28)41-25/h11-13,15-26,28-30,33-38H,3-9H2,1-2H3,(H,27,31)/t11-,12-,13-,15+,16+,17-,18+,19-,20-,21-,22-,23+,24+,25+,26+/m1/s1. The number of hydrogen-bond acceptors (Lipinski definition) is 19. The van der Waals surface area contributed by atoms with Crippen LogP contribution < -0.4 is 5.32 Å². The van der Waals surface area contributed by atoms with Gasteiger partial charge in [0.25, 0.3) is 0 Å². The van der Waals surface area contributed by atoms with E-state index < -0.39 is 118 Å². The fourth-order valence-electron chi connectivity index (χ4n) is 5.17. The first-order valence-corrected chi connectivity index (χ1v) is 15.7. The quantitative estimate of drug-likeness (QED) is 0.0564. The van der Waals surface area contributed by atoms with Crippen LogP contribution in [0.2, 0.25) is 0 Å². The lowest BCUT2D eigenvalue weighted by molar-refractivity contribution is -0.374. The number of amides is 1. The zero-order chi connectivity index (χ0) is 34.1. The Morgan fingerprint density at radius 3 is 1.76 bits per heavy atom. The van der Waals surface area contributed by atoms with Crippen molar-refractivity contribution in [2.45, 2.75) is 105 Å². The predicted molar refractivity (Wildman–Crippen MR) is 151 cm³/mol. The van der Waals surface area contributed by atoms with Gasteiger partial charge in [0.1, 0.15) is 73.2 Å². The zero-order valence-electron chi connectivity index (χ0n) is 25.2. The molecule has 0 bridgehead atoms. The summed E-state index contributed by atoms with van der Waals surface area (Å²) < 4.78 is 38.3. The largest absolute Gasteiger partial charge is 0.469 e. The maximum atomic E-state index is 12.0. The van der Waals surface area contributed by atoms with Crippen molar-refractivity contribution in [3.63, 3.8) is 0 Å². The molecule has 0 aliphatic carbocycles. The highest BCUT2D eigenvalue weighted by atomic mass is 32.2. The van der Waals surface area contributed by atoms with Gasteiger partial charge in [-0.1, -0.05) is 0 Å². The number of methoxy groups -OCH3 is 1. The third-order valence-corrected chi connectivity index (χ3v) is 8.61. The molecule has 15 atom stereocenters. The maximum Gasteiger partial charge on any atom is 0.306 e. The summed E-state index contributed by atoms with van der Waals surface area (Å²) in [6, 6.07) is -1.23. The van der Waals surface area contributed by atoms with Gasteiger partial charge < -0.3 is 84.4 Å². The predicted octanol–water partition coefficient (Wildman–Crippen LogP) is -6.11. The summed E-state index contributed by atoms with van der Waals surface area (Å²) in [5.41, 5.74) is 0. The van der Waals surface area contributed by atoms with Crippen LogP contribution in [0.4, 0.5) is 0 Å². The lowest BCUT2D eigenvalue weighted by atomic mass is 9.95. The van der Waals surface area contributed by atoms with Gasteiger partial charge in [0, 0.05) is 18.4 Å². The molecule has 0 aromatic rings. The van der Waals surface area contributed by atoms with Crippen LogP contribution in [0.3, 0.4) is 0 Å². The van der Waals surface area contributed by atoms with Crippen LogP contribution in [-0.2, 0) is 42.7 Å². The van der Waals surface area contributed by atoms with E-state index in [2.05, 4.69) is 10.1 Å². The maximum absolute atomic E-state index is 12.0. The molecule has 20 heteroatoms. The first kappa shape index (κ1) is 39.1. The Kier molecular flexibility index (Phi) is 15.7. The monoisotopic (exact) mass is 691 g/mol. The number of rotatable bonds is 15. The summed E-state index contributed by atoms with van der Waals surface area (Å²) in [5.74, 6) is -0.0460. The van der Waals surface area contributed by atoms with Gasteiger partial charge in [-0.2, -0.15) is 11.8 Å². The Morgan fingerprint density at radius 2 is 1.22 bits per heavy atom. The molecule has 0 aromatic heterocycles. The van der Waals surface area contributed by atoms with Crippen molar-refractivity contribution >= 4 is 23.6 Å². The summed E-state index contributed by atoms with van der Waals surface area (Å²) in [4.78, 5) is 23.2. The van der Waals surface area contributed by atoms with Gasteiger partial charge in [0.2, 0.25) is 5.91 Å². The van der Waals surface area contributed by atoms with E-state index in [1.807, 2.05) is 0 Å². The summed E-state index contributed by atoms with van der Waals surface area (Å²) >= 11 is 1.39. The molecule has 0 radical (unpaired) electrons. The average Bonchev–Trinajstić information content (AvgIpc) is 3.04. The molecule has 1 amide bonds. The van der Waals surface area contributed by atoms with Crippen molar-refractivity contribution in [3.05, 3.63) is 0 Å². The Balaban J connectivity index is 1.67. The Bertz CT molecular complexity index is 949. The van der Waals surface area contributed by atoms with E-state index in [1.165, 1.54) is 25.8 Å². The van der Waals surface area contributed by atoms with E-state index in [4.69, 9.17) is 28.4 Å². The number of ether oxygens (including phenoxy) is 7. The van der Waals surface area contributed by atoms with Crippen molar-refractivity contribution in [3.8, 4) is 0 Å². The van der Waals surface area contributed by atoms with Gasteiger partial charge in [-0.25, -0.2) is 0 Å². The molecule has 46 heavy (non-hydrogen) atoms. The molecule has 0 aromatic carbocycles. The number of hydrogen-bond donors (Lipinski definition) is 10. The van der Waals surface area contributed by atoms with E-state index in [1.54, 1.807) is 0 Å². The molecule has 0 saturated carbocycles. The lowest BCUT2D eigenvalue weighted by Gasteiger charge is -2.48. The second-order valence-corrected chi connectivity index (χ2v) is 12.1. The fraction of sp³-hybridized carbons (Fsp3) is 0.923. The fourth-order valence-corrected chi connectivity index (χ4v) is 5.90. The van der Waals surface area contributed by atoms with Gasteiger partial charge in [0.15, 0.2) is 18.9 Å². The molecule has 19 nitrogen and oxygen atoms in total. The highest BCUT2D eigenvalue weighted by Crippen LogP contribution is 2.32. The first-order valence-electron chi connectivity index (χ1n) is 14.6. The third kappa shape index (κ3) is 9.65. The summed E-state index contributed by atoms with van der Waals surface area (Å²) in [6.07, 6.45) is -22.5. The Hall–Kier alpha value is -1.31. The lowest BCUT2D eigenvalue weighted by Crippen LogP contribution is -2.68. The minimum absolute atomic E-state index is 0.0770. The van der Waals surface area contributed by atoms with Crippen LogP contribution in [0.5, 0.6) is 0 Å².